The summed E-state index contributed by atoms with van der Waals surface area (Å²) >= 11 is 3.15. The molecular weight excluding hydrogens is 208 g/mol. The molecule has 0 aromatic carbocycles. The van der Waals surface area contributed by atoms with Gasteiger partial charge in [-0.1, -0.05) is 5.16 Å². The van der Waals surface area contributed by atoms with Gasteiger partial charge in [0.2, 0.25) is 0 Å². The van der Waals surface area contributed by atoms with E-state index in [1.165, 1.54) is 0 Å². The summed E-state index contributed by atoms with van der Waals surface area (Å²) in [5.41, 5.74) is 0.563. The van der Waals surface area contributed by atoms with Gasteiger partial charge in [-0.3, -0.25) is 0 Å². The third kappa shape index (κ3) is 1.05. The highest BCUT2D eigenvalue weighted by molar-refractivity contribution is 9.10. The first-order chi connectivity index (χ1) is 5.33. The molecule has 0 N–H and O–H groups in total. The van der Waals surface area contributed by atoms with Crippen LogP contribution in [-0.2, 0) is 0 Å². The molecule has 0 unspecified atom stereocenters. The molecule has 1 aliphatic carbocycles. The van der Waals surface area contributed by atoms with Crippen molar-refractivity contribution < 1.29 is 4.52 Å². The van der Waals surface area contributed by atoms with Gasteiger partial charge in [-0.2, -0.15) is 5.26 Å². The Morgan fingerprint density at radius 3 is 2.91 bits per heavy atom. The Morgan fingerprint density at radius 1 is 1.64 bits per heavy atom. The summed E-state index contributed by atoms with van der Waals surface area (Å²) in [6.45, 7) is 0. The molecule has 0 atom stereocenters. The Labute approximate surface area is 72.1 Å². The van der Waals surface area contributed by atoms with E-state index in [0.717, 1.165) is 18.6 Å². The quantitative estimate of drug-likeness (QED) is 0.718. The first-order valence-corrected chi connectivity index (χ1v) is 4.17. The number of hydrogen-bond donors (Lipinski definition) is 0. The number of nitriles is 1. The lowest BCUT2D eigenvalue weighted by molar-refractivity contribution is 0.380. The van der Waals surface area contributed by atoms with Gasteiger partial charge in [-0.05, 0) is 28.8 Å². The minimum Gasteiger partial charge on any atom is -0.358 e. The summed E-state index contributed by atoms with van der Waals surface area (Å²) in [4.78, 5) is 0. The van der Waals surface area contributed by atoms with E-state index in [9.17, 15) is 0 Å². The standard InChI is InChI=1S/C7H5BrN2O/c8-7-5(3-9)6(11-10-7)4-1-2-4/h4H,1-2H2. The van der Waals surface area contributed by atoms with Crippen LogP contribution in [0.4, 0.5) is 0 Å². The van der Waals surface area contributed by atoms with Crippen molar-refractivity contribution in [3.63, 3.8) is 0 Å². The van der Waals surface area contributed by atoms with Gasteiger partial charge in [0, 0.05) is 5.92 Å². The van der Waals surface area contributed by atoms with Crippen LogP contribution in [0.2, 0.25) is 0 Å². The van der Waals surface area contributed by atoms with Crippen LogP contribution in [-0.4, -0.2) is 5.16 Å². The molecule has 0 spiro atoms. The van der Waals surface area contributed by atoms with E-state index in [2.05, 4.69) is 27.2 Å². The number of halogens is 1. The molecule has 1 aromatic heterocycles. The molecule has 1 aliphatic rings. The zero-order valence-electron chi connectivity index (χ0n) is 5.67. The van der Waals surface area contributed by atoms with Crippen molar-refractivity contribution in [3.05, 3.63) is 15.9 Å². The maximum Gasteiger partial charge on any atom is 0.167 e. The SMILES string of the molecule is N#Cc1c(Br)noc1C1CC1. The maximum atomic E-state index is 8.68. The third-order valence-corrected chi connectivity index (χ3v) is 2.28. The fourth-order valence-electron chi connectivity index (χ4n) is 1.01. The first kappa shape index (κ1) is 6.86. The largest absolute Gasteiger partial charge is 0.358 e. The van der Waals surface area contributed by atoms with Crippen LogP contribution in [0.1, 0.15) is 30.1 Å². The van der Waals surface area contributed by atoms with Gasteiger partial charge in [0.05, 0.1) is 0 Å². The minimum absolute atomic E-state index is 0.448. The first-order valence-electron chi connectivity index (χ1n) is 3.38. The lowest BCUT2D eigenvalue weighted by Gasteiger charge is -1.85. The predicted molar refractivity (Wildman–Crippen MR) is 40.9 cm³/mol. The van der Waals surface area contributed by atoms with Crippen molar-refractivity contribution in [2.45, 2.75) is 18.8 Å². The molecule has 0 amide bonds. The van der Waals surface area contributed by atoms with Gasteiger partial charge in [0.25, 0.3) is 0 Å². The molecule has 1 saturated carbocycles. The van der Waals surface area contributed by atoms with Gasteiger partial charge >= 0.3 is 0 Å². The second-order valence-electron chi connectivity index (χ2n) is 2.60. The second kappa shape index (κ2) is 2.35. The van der Waals surface area contributed by atoms with E-state index in [1.54, 1.807) is 0 Å². The van der Waals surface area contributed by atoms with E-state index in [4.69, 9.17) is 9.78 Å². The van der Waals surface area contributed by atoms with Crippen LogP contribution in [0.3, 0.4) is 0 Å². The number of aromatic nitrogens is 1. The van der Waals surface area contributed by atoms with E-state index in [-0.39, 0.29) is 0 Å². The number of rotatable bonds is 1. The maximum absolute atomic E-state index is 8.68. The molecule has 0 bridgehead atoms. The van der Waals surface area contributed by atoms with Crippen molar-refractivity contribution >= 4 is 15.9 Å². The normalized spacial score (nSPS) is 16.4. The summed E-state index contributed by atoms with van der Waals surface area (Å²) in [6, 6.07) is 2.06. The van der Waals surface area contributed by atoms with Crippen molar-refractivity contribution in [1.29, 1.82) is 5.26 Å². The zero-order valence-corrected chi connectivity index (χ0v) is 7.26. The van der Waals surface area contributed by atoms with Crippen LogP contribution < -0.4 is 0 Å². The van der Waals surface area contributed by atoms with E-state index in [1.807, 2.05) is 0 Å². The average Bonchev–Trinajstić information content (AvgIpc) is 2.76. The summed E-state index contributed by atoms with van der Waals surface area (Å²) in [7, 11) is 0. The molecule has 0 radical (unpaired) electrons. The molecular formula is C7H5BrN2O. The summed E-state index contributed by atoms with van der Waals surface area (Å²) in [6.07, 6.45) is 2.24. The Bertz CT molecular complexity index is 322. The van der Waals surface area contributed by atoms with Gasteiger partial charge in [-0.25, -0.2) is 0 Å². The molecule has 1 heterocycles. The fourth-order valence-corrected chi connectivity index (χ4v) is 1.36. The summed E-state index contributed by atoms with van der Waals surface area (Å²) in [5.74, 6) is 1.20. The predicted octanol–water partition coefficient (Wildman–Crippen LogP) is 2.19. The molecule has 4 heteroatoms. The van der Waals surface area contributed by atoms with Crippen molar-refractivity contribution in [3.8, 4) is 6.07 Å². The lowest BCUT2D eigenvalue weighted by atomic mass is 10.2. The van der Waals surface area contributed by atoms with Crippen LogP contribution >= 0.6 is 15.9 Å². The highest BCUT2D eigenvalue weighted by Gasteiger charge is 2.31. The van der Waals surface area contributed by atoms with E-state index >= 15 is 0 Å². The van der Waals surface area contributed by atoms with Gasteiger partial charge < -0.3 is 4.52 Å². The molecule has 3 nitrogen and oxygen atoms in total. The Morgan fingerprint density at radius 2 is 2.36 bits per heavy atom. The van der Waals surface area contributed by atoms with Crippen LogP contribution in [0.5, 0.6) is 0 Å². The van der Waals surface area contributed by atoms with Gasteiger partial charge in [0.15, 0.2) is 10.4 Å². The van der Waals surface area contributed by atoms with Crippen molar-refractivity contribution in [2.24, 2.45) is 0 Å². The van der Waals surface area contributed by atoms with Gasteiger partial charge in [0.1, 0.15) is 11.6 Å². The van der Waals surface area contributed by atoms with Crippen LogP contribution in [0.25, 0.3) is 0 Å². The molecule has 0 saturated heterocycles. The van der Waals surface area contributed by atoms with E-state index in [0.29, 0.717) is 16.1 Å². The zero-order chi connectivity index (χ0) is 7.84. The highest BCUT2D eigenvalue weighted by Crippen LogP contribution is 2.42. The number of nitrogens with zero attached hydrogens (tertiary/aromatic N) is 2. The summed E-state index contributed by atoms with van der Waals surface area (Å²) < 4.78 is 5.52. The average molecular weight is 213 g/mol. The Balaban J connectivity index is 2.47. The molecule has 11 heavy (non-hydrogen) atoms. The number of hydrogen-bond acceptors (Lipinski definition) is 3. The Kier molecular flexibility index (Phi) is 1.46. The molecule has 56 valence electrons. The highest BCUT2D eigenvalue weighted by atomic mass is 79.9. The van der Waals surface area contributed by atoms with Crippen LogP contribution in [0, 0.1) is 11.3 Å². The third-order valence-electron chi connectivity index (χ3n) is 1.74. The summed E-state index contributed by atoms with van der Waals surface area (Å²) in [5, 5.41) is 12.4. The smallest absolute Gasteiger partial charge is 0.167 e. The van der Waals surface area contributed by atoms with Crippen LogP contribution in [0.15, 0.2) is 9.13 Å². The molecule has 2 rings (SSSR count). The molecule has 1 fully saturated rings. The van der Waals surface area contributed by atoms with Crippen molar-refractivity contribution in [1.82, 2.24) is 5.16 Å². The topological polar surface area (TPSA) is 49.8 Å². The molecule has 0 aliphatic heterocycles. The second-order valence-corrected chi connectivity index (χ2v) is 3.35. The van der Waals surface area contributed by atoms with Gasteiger partial charge in [-0.15, -0.1) is 0 Å². The molecule has 1 aromatic rings. The van der Waals surface area contributed by atoms with E-state index < -0.39 is 0 Å². The van der Waals surface area contributed by atoms with Crippen molar-refractivity contribution in [2.75, 3.05) is 0 Å². The fraction of sp³-hybridized carbons (Fsp3) is 0.429. The minimum atomic E-state index is 0.448. The lowest BCUT2D eigenvalue weighted by Crippen LogP contribution is -1.78. The monoisotopic (exact) mass is 212 g/mol. The Hall–Kier alpha value is -0.820.